The highest BCUT2D eigenvalue weighted by Crippen LogP contribution is 2.26. The molecule has 21 heavy (non-hydrogen) atoms. The van der Waals surface area contributed by atoms with Gasteiger partial charge in [-0.15, -0.1) is 0 Å². The zero-order valence-corrected chi connectivity index (χ0v) is 12.0. The van der Waals surface area contributed by atoms with E-state index in [9.17, 15) is 10.1 Å². The fraction of sp³-hybridized carbons (Fsp3) is 0.400. The first-order valence-electron chi connectivity index (χ1n) is 7.17. The van der Waals surface area contributed by atoms with Crippen LogP contribution in [0.15, 0.2) is 24.5 Å². The molecular weight excluding hydrogens is 268 g/mol. The Kier molecular flexibility index (Phi) is 3.60. The molecule has 2 aromatic rings. The second-order valence-corrected chi connectivity index (χ2v) is 5.33. The van der Waals surface area contributed by atoms with Gasteiger partial charge in [0.2, 0.25) is 0 Å². The van der Waals surface area contributed by atoms with E-state index >= 15 is 0 Å². The molecule has 1 aromatic heterocycles. The largest absolute Gasteiger partial charge is 0.383 e. The number of rotatable bonds is 4. The molecule has 3 rings (SSSR count). The lowest BCUT2D eigenvalue weighted by atomic mass is 10.0. The first-order valence-corrected chi connectivity index (χ1v) is 7.17. The first kappa shape index (κ1) is 13.6. The molecule has 0 unspecified atom stereocenters. The van der Waals surface area contributed by atoms with Gasteiger partial charge in [-0.25, -0.2) is 4.98 Å². The van der Waals surface area contributed by atoms with Crippen LogP contribution in [0, 0.1) is 10.1 Å². The average Bonchev–Trinajstić information content (AvgIpc) is 2.90. The molecule has 0 atom stereocenters. The summed E-state index contributed by atoms with van der Waals surface area (Å²) in [7, 11) is 1.70. The van der Waals surface area contributed by atoms with E-state index < -0.39 is 0 Å². The third-order valence-electron chi connectivity index (χ3n) is 3.99. The molecule has 0 aliphatic heterocycles. The molecule has 0 saturated heterocycles. The van der Waals surface area contributed by atoms with Crippen molar-refractivity contribution in [2.24, 2.45) is 0 Å². The third kappa shape index (κ3) is 2.61. The molecule has 1 heterocycles. The first-order chi connectivity index (χ1) is 10.2. The van der Waals surface area contributed by atoms with Crippen molar-refractivity contribution in [3.05, 3.63) is 51.6 Å². The van der Waals surface area contributed by atoms with Crippen molar-refractivity contribution in [1.29, 1.82) is 0 Å². The standard InChI is InChI=1S/C15H18N4O2/c1-16-13-8-11(6-7-15(13)19(20)21)9-18-10-17-12-4-2-3-5-14(12)18/h6-8,10,16H,2-5,9H2,1H3. The molecule has 0 fully saturated rings. The SMILES string of the molecule is CNc1cc(Cn2cnc3c2CCCC3)ccc1[N+](=O)[O-]. The number of aromatic nitrogens is 2. The summed E-state index contributed by atoms with van der Waals surface area (Å²) in [6.07, 6.45) is 6.44. The van der Waals surface area contributed by atoms with Gasteiger partial charge in [0.1, 0.15) is 5.69 Å². The second kappa shape index (κ2) is 5.55. The lowest BCUT2D eigenvalue weighted by Gasteiger charge is -2.14. The molecular formula is C15H18N4O2. The Balaban J connectivity index is 1.88. The average molecular weight is 286 g/mol. The molecule has 1 aliphatic carbocycles. The van der Waals surface area contributed by atoms with Crippen LogP contribution in [0.25, 0.3) is 0 Å². The number of nitrogens with zero attached hydrogens (tertiary/aromatic N) is 3. The predicted octanol–water partition coefficient (Wildman–Crippen LogP) is 2.76. The van der Waals surface area contributed by atoms with E-state index in [1.54, 1.807) is 13.1 Å². The van der Waals surface area contributed by atoms with Crippen LogP contribution in [0.2, 0.25) is 0 Å². The van der Waals surface area contributed by atoms with Crippen molar-refractivity contribution in [1.82, 2.24) is 9.55 Å². The summed E-state index contributed by atoms with van der Waals surface area (Å²) < 4.78 is 2.16. The number of fused-ring (bicyclic) bond motifs is 1. The van der Waals surface area contributed by atoms with E-state index in [0.717, 1.165) is 18.4 Å². The number of imidazole rings is 1. The van der Waals surface area contributed by atoms with E-state index in [0.29, 0.717) is 12.2 Å². The minimum atomic E-state index is -0.366. The summed E-state index contributed by atoms with van der Waals surface area (Å²) in [4.78, 5) is 15.1. The van der Waals surface area contributed by atoms with Gasteiger partial charge in [0.05, 0.1) is 16.9 Å². The van der Waals surface area contributed by atoms with Crippen LogP contribution in [0.4, 0.5) is 11.4 Å². The maximum absolute atomic E-state index is 11.0. The number of hydrogen-bond donors (Lipinski definition) is 1. The van der Waals surface area contributed by atoms with Crippen LogP contribution in [-0.2, 0) is 19.4 Å². The monoisotopic (exact) mass is 286 g/mol. The quantitative estimate of drug-likeness (QED) is 0.693. The highest BCUT2D eigenvalue weighted by Gasteiger charge is 2.17. The number of nitro groups is 1. The number of benzene rings is 1. The normalized spacial score (nSPS) is 13.8. The molecule has 0 saturated carbocycles. The van der Waals surface area contributed by atoms with Crippen LogP contribution < -0.4 is 5.32 Å². The molecule has 1 N–H and O–H groups in total. The summed E-state index contributed by atoms with van der Waals surface area (Å²) >= 11 is 0. The Morgan fingerprint density at radius 1 is 1.38 bits per heavy atom. The molecule has 0 bridgehead atoms. The molecule has 1 aliphatic rings. The molecule has 110 valence electrons. The van der Waals surface area contributed by atoms with Crippen molar-refractivity contribution >= 4 is 11.4 Å². The van der Waals surface area contributed by atoms with Crippen molar-refractivity contribution < 1.29 is 4.92 Å². The van der Waals surface area contributed by atoms with Crippen molar-refractivity contribution in [3.63, 3.8) is 0 Å². The molecule has 0 spiro atoms. The Bertz CT molecular complexity index is 678. The molecule has 6 nitrogen and oxygen atoms in total. The fourth-order valence-corrected chi connectivity index (χ4v) is 2.90. The third-order valence-corrected chi connectivity index (χ3v) is 3.99. The van der Waals surface area contributed by atoms with E-state index in [1.807, 2.05) is 18.5 Å². The number of hydrogen-bond acceptors (Lipinski definition) is 4. The van der Waals surface area contributed by atoms with Crippen LogP contribution in [-0.4, -0.2) is 21.5 Å². The van der Waals surface area contributed by atoms with E-state index in [4.69, 9.17) is 0 Å². The van der Waals surface area contributed by atoms with Gasteiger partial charge in [-0.3, -0.25) is 10.1 Å². The summed E-state index contributed by atoms with van der Waals surface area (Å²) in [5.41, 5.74) is 4.21. The Labute approximate surface area is 123 Å². The number of anilines is 1. The summed E-state index contributed by atoms with van der Waals surface area (Å²) in [5.74, 6) is 0. The zero-order chi connectivity index (χ0) is 14.8. The van der Waals surface area contributed by atoms with Gasteiger partial charge in [-0.1, -0.05) is 6.07 Å². The Hall–Kier alpha value is -2.37. The maximum atomic E-state index is 11.0. The van der Waals surface area contributed by atoms with Gasteiger partial charge in [0.25, 0.3) is 5.69 Å². The van der Waals surface area contributed by atoms with Gasteiger partial charge >= 0.3 is 0 Å². The van der Waals surface area contributed by atoms with E-state index in [2.05, 4.69) is 14.9 Å². The van der Waals surface area contributed by atoms with Crippen molar-refractivity contribution in [3.8, 4) is 0 Å². The van der Waals surface area contributed by atoms with Crippen LogP contribution >= 0.6 is 0 Å². The van der Waals surface area contributed by atoms with Crippen molar-refractivity contribution in [2.75, 3.05) is 12.4 Å². The second-order valence-electron chi connectivity index (χ2n) is 5.33. The van der Waals surface area contributed by atoms with Crippen LogP contribution in [0.3, 0.4) is 0 Å². The van der Waals surface area contributed by atoms with Gasteiger partial charge in [-0.05, 0) is 37.3 Å². The topological polar surface area (TPSA) is 73.0 Å². The van der Waals surface area contributed by atoms with Gasteiger partial charge < -0.3 is 9.88 Å². The molecule has 6 heteroatoms. The Morgan fingerprint density at radius 2 is 2.19 bits per heavy atom. The van der Waals surface area contributed by atoms with E-state index in [1.165, 1.54) is 24.2 Å². The number of aryl methyl sites for hydroxylation is 1. The number of nitrogens with one attached hydrogen (secondary N) is 1. The molecule has 0 radical (unpaired) electrons. The van der Waals surface area contributed by atoms with Gasteiger partial charge in [-0.2, -0.15) is 0 Å². The Morgan fingerprint density at radius 3 is 2.95 bits per heavy atom. The highest BCUT2D eigenvalue weighted by atomic mass is 16.6. The lowest BCUT2D eigenvalue weighted by Crippen LogP contribution is -2.09. The van der Waals surface area contributed by atoms with Crippen LogP contribution in [0.5, 0.6) is 0 Å². The lowest BCUT2D eigenvalue weighted by molar-refractivity contribution is -0.383. The summed E-state index contributed by atoms with van der Waals surface area (Å²) in [5, 5.41) is 13.8. The smallest absolute Gasteiger partial charge is 0.292 e. The predicted molar refractivity (Wildman–Crippen MR) is 80.6 cm³/mol. The molecule has 1 aromatic carbocycles. The maximum Gasteiger partial charge on any atom is 0.292 e. The summed E-state index contributed by atoms with van der Waals surface area (Å²) in [6.45, 7) is 0.703. The summed E-state index contributed by atoms with van der Waals surface area (Å²) in [6, 6.07) is 5.21. The van der Waals surface area contributed by atoms with Crippen LogP contribution in [0.1, 0.15) is 29.8 Å². The van der Waals surface area contributed by atoms with Gasteiger partial charge in [0.15, 0.2) is 0 Å². The van der Waals surface area contributed by atoms with Crippen molar-refractivity contribution in [2.45, 2.75) is 32.2 Å². The van der Waals surface area contributed by atoms with E-state index in [-0.39, 0.29) is 10.6 Å². The fourth-order valence-electron chi connectivity index (χ4n) is 2.90. The highest BCUT2D eigenvalue weighted by molar-refractivity contribution is 5.62. The number of nitro benzene ring substituents is 1. The minimum Gasteiger partial charge on any atom is -0.383 e. The van der Waals surface area contributed by atoms with Gasteiger partial charge in [0, 0.05) is 25.4 Å². The zero-order valence-electron chi connectivity index (χ0n) is 12.0. The minimum absolute atomic E-state index is 0.105. The molecule has 0 amide bonds.